The van der Waals surface area contributed by atoms with Gasteiger partial charge in [-0.1, -0.05) is 148 Å². The first-order valence-corrected chi connectivity index (χ1v) is 24.3. The standard InChI is InChI=1S/C54H74BrClO7/c1-51(2,3)43-27-35-23-39-31-45(53(7,8)9)32-40(49(39)62-15-13-55)24-36-28-44(52(4,5)6)30-38(48(36)58)26-42-34-46(54(10,11)12)33-41(25-37(29-43)47(35)57)50(42)63-22-21-61-20-19-60-18-17-59-16-14-56/h27-34,57-58H,13-26H2,1-12H3. The Hall–Kier alpha value is -3.27. The zero-order valence-corrected chi connectivity index (χ0v) is 42.6. The second kappa shape index (κ2) is 21.4. The number of rotatable bonds is 15. The first-order chi connectivity index (χ1) is 29.5. The predicted molar refractivity (Wildman–Crippen MR) is 263 cm³/mol. The summed E-state index contributed by atoms with van der Waals surface area (Å²) in [6.07, 6.45) is 1.81. The Morgan fingerprint density at radius 1 is 0.413 bits per heavy atom. The number of aromatic hydroxyl groups is 2. The molecule has 0 atom stereocenters. The maximum atomic E-state index is 12.5. The van der Waals surface area contributed by atoms with E-state index in [1.54, 1.807) is 0 Å². The predicted octanol–water partition coefficient (Wildman–Crippen LogP) is 12.4. The van der Waals surface area contributed by atoms with E-state index in [4.69, 9.17) is 35.3 Å². The highest BCUT2D eigenvalue weighted by molar-refractivity contribution is 9.09. The van der Waals surface area contributed by atoms with E-state index in [9.17, 15) is 10.2 Å². The summed E-state index contributed by atoms with van der Waals surface area (Å²) in [4.78, 5) is 0. The SMILES string of the molecule is CC(C)(C)c1cc2c(O)c(c1)Cc1cc(C(C)(C)C)cc(c1OCCOCCOCCOCCCl)Cc1cc(C(C)(C)C)cc(c1O)Cc1cc(C(C)(C)C)cc(c1OCCBr)C2. The van der Waals surface area contributed by atoms with Crippen molar-refractivity contribution in [3.05, 3.63) is 115 Å². The van der Waals surface area contributed by atoms with Gasteiger partial charge in [0.25, 0.3) is 0 Å². The van der Waals surface area contributed by atoms with Crippen LogP contribution in [0.4, 0.5) is 0 Å². The van der Waals surface area contributed by atoms with Gasteiger partial charge >= 0.3 is 0 Å². The van der Waals surface area contributed by atoms with Crippen LogP contribution in [0.15, 0.2) is 48.5 Å². The van der Waals surface area contributed by atoms with E-state index in [2.05, 4.69) is 148 Å². The van der Waals surface area contributed by atoms with Crippen molar-refractivity contribution in [2.45, 2.75) is 130 Å². The summed E-state index contributed by atoms with van der Waals surface area (Å²) in [5, 5.41) is 25.6. The van der Waals surface area contributed by atoms with Crippen LogP contribution in [0.2, 0.25) is 0 Å². The van der Waals surface area contributed by atoms with Crippen LogP contribution in [0, 0.1) is 0 Å². The highest BCUT2D eigenvalue weighted by atomic mass is 79.9. The van der Waals surface area contributed by atoms with E-state index in [-0.39, 0.29) is 33.2 Å². The first-order valence-electron chi connectivity index (χ1n) is 22.6. The fraction of sp³-hybridized carbons (Fsp3) is 0.556. The Kier molecular flexibility index (Phi) is 17.2. The van der Waals surface area contributed by atoms with Gasteiger partial charge in [-0.05, 0) is 88.4 Å². The summed E-state index contributed by atoms with van der Waals surface area (Å²) in [5.41, 5.74) is 11.2. The Bertz CT molecular complexity index is 2050. The van der Waals surface area contributed by atoms with Gasteiger partial charge in [0.05, 0.1) is 46.2 Å². The molecule has 0 saturated carbocycles. The molecule has 0 spiro atoms. The molecule has 2 N–H and O–H groups in total. The quantitative estimate of drug-likeness (QED) is 0.0798. The van der Waals surface area contributed by atoms with Crippen LogP contribution >= 0.6 is 27.5 Å². The average molecular weight is 951 g/mol. The number of halogens is 2. The van der Waals surface area contributed by atoms with Gasteiger partial charge < -0.3 is 33.9 Å². The molecule has 4 aromatic rings. The van der Waals surface area contributed by atoms with Crippen molar-refractivity contribution in [1.82, 2.24) is 0 Å². The third-order valence-corrected chi connectivity index (χ3v) is 12.3. The zero-order chi connectivity index (χ0) is 46.3. The smallest absolute Gasteiger partial charge is 0.126 e. The molecule has 63 heavy (non-hydrogen) atoms. The summed E-state index contributed by atoms with van der Waals surface area (Å²) in [5.74, 6) is 2.59. The van der Waals surface area contributed by atoms with Crippen molar-refractivity contribution >= 4 is 27.5 Å². The van der Waals surface area contributed by atoms with Gasteiger partial charge in [-0.25, -0.2) is 0 Å². The van der Waals surface area contributed by atoms with E-state index in [1.807, 2.05) is 0 Å². The van der Waals surface area contributed by atoms with E-state index >= 15 is 0 Å². The molecule has 0 unspecified atom stereocenters. The molecule has 0 aromatic heterocycles. The minimum atomic E-state index is -0.194. The Labute approximate surface area is 392 Å². The molecule has 8 bridgehead atoms. The van der Waals surface area contributed by atoms with Crippen LogP contribution in [0.1, 0.15) is 150 Å². The lowest BCUT2D eigenvalue weighted by Gasteiger charge is -2.28. The fourth-order valence-electron chi connectivity index (χ4n) is 7.96. The van der Waals surface area contributed by atoms with E-state index in [1.165, 1.54) is 5.56 Å². The topological polar surface area (TPSA) is 86.6 Å². The third-order valence-electron chi connectivity index (χ3n) is 11.8. The van der Waals surface area contributed by atoms with Crippen LogP contribution < -0.4 is 9.47 Å². The molecular weight excluding hydrogens is 876 g/mol. The summed E-state index contributed by atoms with van der Waals surface area (Å²) in [7, 11) is 0. The number of ether oxygens (including phenoxy) is 5. The van der Waals surface area contributed by atoms with Crippen molar-refractivity contribution in [2.75, 3.05) is 64.1 Å². The van der Waals surface area contributed by atoms with Gasteiger partial charge in [-0.15, -0.1) is 11.6 Å². The van der Waals surface area contributed by atoms with Crippen molar-refractivity contribution < 1.29 is 33.9 Å². The summed E-state index contributed by atoms with van der Waals surface area (Å²) in [6, 6.07) is 17.7. The van der Waals surface area contributed by atoms with Gasteiger partial charge in [-0.3, -0.25) is 0 Å². The summed E-state index contributed by atoms with van der Waals surface area (Å²) in [6.45, 7) is 30.2. The highest BCUT2D eigenvalue weighted by Crippen LogP contribution is 2.43. The van der Waals surface area contributed by atoms with Crippen molar-refractivity contribution in [3.63, 3.8) is 0 Å². The number of hydrogen-bond donors (Lipinski definition) is 2. The molecule has 0 fully saturated rings. The normalized spacial score (nSPS) is 13.6. The van der Waals surface area contributed by atoms with Crippen LogP contribution in [-0.2, 0) is 61.6 Å². The van der Waals surface area contributed by atoms with Crippen LogP contribution in [0.3, 0.4) is 0 Å². The highest BCUT2D eigenvalue weighted by Gasteiger charge is 2.28. The molecule has 5 rings (SSSR count). The number of hydrogen-bond acceptors (Lipinski definition) is 7. The molecule has 0 heterocycles. The lowest BCUT2D eigenvalue weighted by molar-refractivity contribution is 0.0116. The van der Waals surface area contributed by atoms with Crippen LogP contribution in [-0.4, -0.2) is 74.3 Å². The molecule has 0 aliphatic heterocycles. The number of fused-ring (bicyclic) bond motifs is 8. The average Bonchev–Trinajstić information content (AvgIpc) is 3.18. The second-order valence-electron chi connectivity index (χ2n) is 21.2. The Balaban J connectivity index is 1.74. The Morgan fingerprint density at radius 2 is 0.667 bits per heavy atom. The minimum Gasteiger partial charge on any atom is -0.507 e. The van der Waals surface area contributed by atoms with Crippen LogP contribution in [0.25, 0.3) is 0 Å². The molecule has 1 aliphatic rings. The van der Waals surface area contributed by atoms with Crippen molar-refractivity contribution in [2.24, 2.45) is 0 Å². The Morgan fingerprint density at radius 3 is 0.937 bits per heavy atom. The molecule has 0 amide bonds. The van der Waals surface area contributed by atoms with Gasteiger partial charge in [0.2, 0.25) is 0 Å². The van der Waals surface area contributed by atoms with E-state index in [0.29, 0.717) is 89.7 Å². The lowest BCUT2D eigenvalue weighted by atomic mass is 9.79. The number of alkyl halides is 2. The second-order valence-corrected chi connectivity index (χ2v) is 22.3. The molecule has 4 aromatic carbocycles. The summed E-state index contributed by atoms with van der Waals surface area (Å²) >= 11 is 9.31. The third kappa shape index (κ3) is 13.6. The fourth-order valence-corrected chi connectivity index (χ4v) is 8.23. The van der Waals surface area contributed by atoms with Gasteiger partial charge in [0.1, 0.15) is 29.6 Å². The molecule has 346 valence electrons. The van der Waals surface area contributed by atoms with Gasteiger partial charge in [0.15, 0.2) is 0 Å². The molecule has 0 radical (unpaired) electrons. The monoisotopic (exact) mass is 948 g/mol. The largest absolute Gasteiger partial charge is 0.507 e. The van der Waals surface area contributed by atoms with E-state index in [0.717, 1.165) is 72.7 Å². The maximum Gasteiger partial charge on any atom is 0.126 e. The number of phenols is 2. The molecular formula is C54H74BrClO7. The van der Waals surface area contributed by atoms with Crippen molar-refractivity contribution in [3.8, 4) is 23.0 Å². The number of benzene rings is 4. The van der Waals surface area contributed by atoms with E-state index < -0.39 is 0 Å². The molecule has 1 aliphatic carbocycles. The maximum absolute atomic E-state index is 12.5. The zero-order valence-electron chi connectivity index (χ0n) is 40.2. The first kappa shape index (κ1) is 50.7. The lowest BCUT2D eigenvalue weighted by Crippen LogP contribution is -2.17. The van der Waals surface area contributed by atoms with Gasteiger partial charge in [-0.2, -0.15) is 0 Å². The minimum absolute atomic E-state index is 0.165. The molecule has 9 heteroatoms. The molecule has 7 nitrogen and oxygen atoms in total. The summed E-state index contributed by atoms with van der Waals surface area (Å²) < 4.78 is 30.5. The number of phenolic OH excluding ortho intramolecular Hbond substituents is 2. The molecule has 0 saturated heterocycles. The van der Waals surface area contributed by atoms with Crippen LogP contribution in [0.5, 0.6) is 23.0 Å². The van der Waals surface area contributed by atoms with Crippen molar-refractivity contribution in [1.29, 1.82) is 0 Å². The van der Waals surface area contributed by atoms with Gasteiger partial charge in [0, 0.05) is 36.9 Å².